The lowest BCUT2D eigenvalue weighted by Gasteiger charge is -2.32. The summed E-state index contributed by atoms with van der Waals surface area (Å²) in [6.45, 7) is 0.672. The Morgan fingerprint density at radius 3 is 2.35 bits per heavy atom. The number of amides is 2. The van der Waals surface area contributed by atoms with Gasteiger partial charge >= 0.3 is 6.18 Å². The van der Waals surface area contributed by atoms with Crippen molar-refractivity contribution in [1.29, 1.82) is 0 Å². The van der Waals surface area contributed by atoms with E-state index < -0.39 is 24.2 Å². The van der Waals surface area contributed by atoms with Crippen LogP contribution in [-0.2, 0) is 12.1 Å². The number of alkyl halides is 3. The van der Waals surface area contributed by atoms with E-state index in [9.17, 15) is 27.9 Å². The summed E-state index contributed by atoms with van der Waals surface area (Å²) in [5.41, 5.74) is -2.46. The second-order valence-corrected chi connectivity index (χ2v) is 11.6. The number of nitrogens with zero attached hydrogens (tertiary/aromatic N) is 4. The molecule has 0 aliphatic rings. The number of nitrogens with one attached hydrogen (secondary N) is 1. The van der Waals surface area contributed by atoms with E-state index in [2.05, 4.69) is 15.3 Å². The molecule has 0 bridgehead atoms. The summed E-state index contributed by atoms with van der Waals surface area (Å²) in [4.78, 5) is 37.3. The average Bonchev–Trinajstić information content (AvgIpc) is 3.79. The van der Waals surface area contributed by atoms with Crippen LogP contribution >= 0.6 is 11.3 Å². The van der Waals surface area contributed by atoms with Gasteiger partial charge in [0.15, 0.2) is 11.7 Å². The molecule has 3 aromatic heterocycles. The van der Waals surface area contributed by atoms with Crippen molar-refractivity contribution in [2.75, 3.05) is 17.3 Å². The Hall–Kier alpha value is -5.27. The van der Waals surface area contributed by atoms with E-state index in [0.29, 0.717) is 27.8 Å². The first kappa shape index (κ1) is 30.7. The summed E-state index contributed by atoms with van der Waals surface area (Å²) in [6.07, 6.45) is -3.56. The molecule has 2 N–H and O–H groups in total. The van der Waals surface area contributed by atoms with Crippen molar-refractivity contribution >= 4 is 45.8 Å². The van der Waals surface area contributed by atoms with Gasteiger partial charge < -0.3 is 19.0 Å². The van der Waals surface area contributed by atoms with Gasteiger partial charge in [-0.2, -0.15) is 13.2 Å². The lowest BCUT2D eigenvalue weighted by molar-refractivity contribution is -0.271. The molecule has 0 saturated carbocycles. The molecule has 13 heteroatoms. The van der Waals surface area contributed by atoms with Crippen molar-refractivity contribution in [3.05, 3.63) is 119 Å². The Morgan fingerprint density at radius 2 is 1.70 bits per heavy atom. The van der Waals surface area contributed by atoms with Gasteiger partial charge in [-0.15, -0.1) is 11.3 Å². The average molecular weight is 646 g/mol. The van der Waals surface area contributed by atoms with E-state index in [4.69, 9.17) is 4.42 Å². The molecule has 3 heterocycles. The number of aromatic nitrogens is 3. The molecule has 234 valence electrons. The minimum atomic E-state index is -5.09. The van der Waals surface area contributed by atoms with E-state index >= 15 is 0 Å². The number of thiophene rings is 1. The number of aliphatic hydroxyl groups is 1. The number of anilines is 2. The van der Waals surface area contributed by atoms with E-state index in [1.165, 1.54) is 47.5 Å². The Morgan fingerprint density at radius 1 is 1.00 bits per heavy atom. The van der Waals surface area contributed by atoms with Gasteiger partial charge in [-0.25, -0.2) is 9.97 Å². The Kier molecular flexibility index (Phi) is 7.96. The number of oxazole rings is 1. The number of fused-ring (bicyclic) bond motifs is 1. The number of imidazole rings is 1. The largest absolute Gasteiger partial charge is 0.440 e. The van der Waals surface area contributed by atoms with Gasteiger partial charge in [0.05, 0.1) is 33.5 Å². The molecule has 9 nitrogen and oxygen atoms in total. The fraction of sp³-hybridized carbons (Fsp3) is 0.152. The van der Waals surface area contributed by atoms with Gasteiger partial charge in [-0.1, -0.05) is 48.5 Å². The highest BCUT2D eigenvalue weighted by Gasteiger charge is 2.55. The summed E-state index contributed by atoms with van der Waals surface area (Å²) in [5, 5.41) is 13.9. The normalized spacial score (nSPS) is 13.0. The monoisotopic (exact) mass is 645 g/mol. The first-order chi connectivity index (χ1) is 21.9. The van der Waals surface area contributed by atoms with Crippen LogP contribution < -0.4 is 10.2 Å². The third-order valence-electron chi connectivity index (χ3n) is 7.47. The lowest BCUT2D eigenvalue weighted by Crippen LogP contribution is -2.46. The smallest absolute Gasteiger partial charge is 0.423 e. The second-order valence-electron chi connectivity index (χ2n) is 10.5. The van der Waals surface area contributed by atoms with Gasteiger partial charge in [0.1, 0.15) is 0 Å². The van der Waals surface area contributed by atoms with Crippen LogP contribution in [0.4, 0.5) is 24.8 Å². The highest BCUT2D eigenvalue weighted by molar-refractivity contribution is 7.17. The van der Waals surface area contributed by atoms with Gasteiger partial charge in [-0.3, -0.25) is 14.9 Å². The third kappa shape index (κ3) is 5.77. The third-order valence-corrected chi connectivity index (χ3v) is 8.57. The molecule has 1 atom stereocenters. The van der Waals surface area contributed by atoms with Crippen LogP contribution in [0.5, 0.6) is 0 Å². The molecular formula is C33H26F3N5O4S. The Labute approximate surface area is 264 Å². The van der Waals surface area contributed by atoms with Crippen LogP contribution in [0.15, 0.2) is 102 Å². The van der Waals surface area contributed by atoms with Crippen molar-refractivity contribution in [1.82, 2.24) is 14.5 Å². The molecule has 2 amide bonds. The predicted molar refractivity (Wildman–Crippen MR) is 168 cm³/mol. The van der Waals surface area contributed by atoms with Gasteiger partial charge in [0.2, 0.25) is 11.5 Å². The molecule has 0 saturated heterocycles. The maximum absolute atomic E-state index is 14.6. The van der Waals surface area contributed by atoms with Crippen LogP contribution in [0.2, 0.25) is 0 Å². The van der Waals surface area contributed by atoms with Gasteiger partial charge in [0, 0.05) is 25.2 Å². The molecule has 1 unspecified atom stereocenters. The zero-order valence-corrected chi connectivity index (χ0v) is 25.3. The lowest BCUT2D eigenvalue weighted by atomic mass is 9.93. The first-order valence-electron chi connectivity index (χ1n) is 14.0. The summed E-state index contributed by atoms with van der Waals surface area (Å²) < 4.78 is 50.4. The standard InChI is InChI=1S/C33H26F3N5O4S/c1-20-37-18-26(45-20)27-15-16-28(46-27)29(42)39-31-38-24-17-23(40(2)30(43)21-9-5-3-6-10-21)13-14-25(24)41(31)19-32(44,33(34,35)36)22-11-7-4-8-12-22/h3-18,44H,19H2,1-2H3,(H,38,39,42). The quantitative estimate of drug-likeness (QED) is 0.184. The van der Waals surface area contributed by atoms with Crippen LogP contribution in [0.1, 0.15) is 31.5 Å². The number of rotatable bonds is 8. The molecular weight excluding hydrogens is 619 g/mol. The maximum Gasteiger partial charge on any atom is 0.423 e. The highest BCUT2D eigenvalue weighted by Crippen LogP contribution is 2.42. The highest BCUT2D eigenvalue weighted by atomic mass is 32.1. The van der Waals surface area contributed by atoms with E-state index in [-0.39, 0.29) is 33.3 Å². The maximum atomic E-state index is 14.6. The number of halogens is 3. The number of benzene rings is 3. The number of hydrogen-bond acceptors (Lipinski definition) is 7. The van der Waals surface area contributed by atoms with Crippen LogP contribution in [0.25, 0.3) is 21.7 Å². The van der Waals surface area contributed by atoms with Gasteiger partial charge in [-0.05, 0) is 48.0 Å². The fourth-order valence-corrected chi connectivity index (χ4v) is 5.84. The summed E-state index contributed by atoms with van der Waals surface area (Å²) in [5.74, 6) is -0.240. The molecule has 0 aliphatic carbocycles. The molecule has 0 aliphatic heterocycles. The fourth-order valence-electron chi connectivity index (χ4n) is 4.99. The van der Waals surface area contributed by atoms with Crippen molar-refractivity contribution < 1.29 is 32.3 Å². The minimum Gasteiger partial charge on any atom is -0.440 e. The number of carbonyl (C=O) groups is 2. The molecule has 6 rings (SSSR count). The van der Waals surface area contributed by atoms with E-state index in [0.717, 1.165) is 15.9 Å². The molecule has 0 radical (unpaired) electrons. The van der Waals surface area contributed by atoms with E-state index in [1.54, 1.807) is 68.6 Å². The molecule has 0 fully saturated rings. The van der Waals surface area contributed by atoms with Gasteiger partial charge in [0.25, 0.3) is 11.8 Å². The SMILES string of the molecule is Cc1ncc(-c2ccc(C(=O)Nc3nc4cc(N(C)C(=O)c5ccccc5)ccc4n3CC(O)(c3ccccc3)C(F)(F)F)s2)o1. The van der Waals surface area contributed by atoms with Crippen molar-refractivity contribution in [3.8, 4) is 10.6 Å². The summed E-state index contributed by atoms with van der Waals surface area (Å²) in [6, 6.07) is 23.1. The van der Waals surface area contributed by atoms with Crippen LogP contribution in [-0.4, -0.2) is 44.7 Å². The second kappa shape index (κ2) is 11.9. The minimum absolute atomic E-state index is 0.196. The molecule has 46 heavy (non-hydrogen) atoms. The molecule has 6 aromatic rings. The Balaban J connectivity index is 1.41. The van der Waals surface area contributed by atoms with Crippen molar-refractivity contribution in [2.24, 2.45) is 0 Å². The number of carbonyl (C=O) groups excluding carboxylic acids is 2. The molecule has 0 spiro atoms. The summed E-state index contributed by atoms with van der Waals surface area (Å²) >= 11 is 1.10. The topological polar surface area (TPSA) is 113 Å². The van der Waals surface area contributed by atoms with Crippen LogP contribution in [0, 0.1) is 6.92 Å². The number of aryl methyl sites for hydroxylation is 1. The first-order valence-corrected chi connectivity index (χ1v) is 14.8. The predicted octanol–water partition coefficient (Wildman–Crippen LogP) is 7.04. The van der Waals surface area contributed by atoms with Crippen molar-refractivity contribution in [2.45, 2.75) is 25.2 Å². The van der Waals surface area contributed by atoms with Crippen molar-refractivity contribution in [3.63, 3.8) is 0 Å². The number of hydrogen-bond donors (Lipinski definition) is 2. The zero-order chi connectivity index (χ0) is 32.6. The Bertz CT molecular complexity index is 2040. The van der Waals surface area contributed by atoms with Crippen LogP contribution in [0.3, 0.4) is 0 Å². The summed E-state index contributed by atoms with van der Waals surface area (Å²) in [7, 11) is 1.57. The zero-order valence-electron chi connectivity index (χ0n) is 24.4. The molecule has 3 aromatic carbocycles. The van der Waals surface area contributed by atoms with E-state index in [1.807, 2.05) is 0 Å².